The summed E-state index contributed by atoms with van der Waals surface area (Å²) in [5.41, 5.74) is 2.50. The first-order valence-electron chi connectivity index (χ1n) is 6.79. The van der Waals surface area contributed by atoms with Crippen molar-refractivity contribution in [3.63, 3.8) is 0 Å². The van der Waals surface area contributed by atoms with Crippen molar-refractivity contribution in [2.24, 2.45) is 0 Å². The summed E-state index contributed by atoms with van der Waals surface area (Å²) in [4.78, 5) is 0. The molecule has 0 fully saturated rings. The summed E-state index contributed by atoms with van der Waals surface area (Å²) < 4.78 is 11.3. The zero-order valence-electron chi connectivity index (χ0n) is 13.0. The molecule has 0 aromatic heterocycles. The van der Waals surface area contributed by atoms with E-state index in [9.17, 15) is 0 Å². The zero-order valence-corrected chi connectivity index (χ0v) is 13.0. The van der Waals surface area contributed by atoms with E-state index in [4.69, 9.17) is 9.47 Å². The van der Waals surface area contributed by atoms with Gasteiger partial charge in [-0.05, 0) is 46.2 Å². The second kappa shape index (κ2) is 6.92. The minimum absolute atomic E-state index is 0.0191. The highest BCUT2D eigenvalue weighted by atomic mass is 16.5. The number of ether oxygens (including phenoxy) is 2. The van der Waals surface area contributed by atoms with Gasteiger partial charge in [0.1, 0.15) is 11.9 Å². The maximum atomic E-state index is 6.05. The highest BCUT2D eigenvalue weighted by Crippen LogP contribution is 2.20. The number of rotatable bonds is 6. The summed E-state index contributed by atoms with van der Waals surface area (Å²) in [7, 11) is 1.70. The molecular weight excluding hydrogens is 238 g/mol. The van der Waals surface area contributed by atoms with E-state index in [0.29, 0.717) is 6.61 Å². The smallest absolute Gasteiger partial charge is 0.134 e. The Bertz CT molecular complexity index is 396. The lowest BCUT2D eigenvalue weighted by Gasteiger charge is -2.26. The van der Waals surface area contributed by atoms with Crippen molar-refractivity contribution in [1.29, 1.82) is 0 Å². The molecule has 0 bridgehead atoms. The monoisotopic (exact) mass is 265 g/mol. The molecule has 0 radical (unpaired) electrons. The van der Waals surface area contributed by atoms with Crippen LogP contribution in [0.3, 0.4) is 0 Å². The van der Waals surface area contributed by atoms with Gasteiger partial charge >= 0.3 is 0 Å². The molecule has 0 aliphatic rings. The predicted molar refractivity (Wildman–Crippen MR) is 80.0 cm³/mol. The number of methoxy groups -OCH3 is 1. The van der Waals surface area contributed by atoms with Gasteiger partial charge in [0.05, 0.1) is 6.61 Å². The lowest BCUT2D eigenvalue weighted by molar-refractivity contribution is 0.0760. The van der Waals surface area contributed by atoms with Crippen molar-refractivity contribution in [1.82, 2.24) is 5.32 Å². The minimum Gasteiger partial charge on any atom is -0.486 e. The van der Waals surface area contributed by atoms with Gasteiger partial charge in [0, 0.05) is 19.2 Å². The Morgan fingerprint density at radius 3 is 2.42 bits per heavy atom. The Morgan fingerprint density at radius 2 is 1.89 bits per heavy atom. The van der Waals surface area contributed by atoms with Crippen molar-refractivity contribution in [2.45, 2.75) is 46.3 Å². The Labute approximate surface area is 117 Å². The standard InChI is InChI=1S/C16H27NO2/c1-12-7-8-15(13(2)9-12)19-14(11-18-6)10-17-16(3,4)5/h7-9,14,17H,10-11H2,1-6H3. The molecule has 0 saturated heterocycles. The Balaban J connectivity index is 2.67. The lowest BCUT2D eigenvalue weighted by Crippen LogP contribution is -2.44. The summed E-state index contributed by atoms with van der Waals surface area (Å²) in [6.07, 6.45) is 0.0191. The number of hydrogen-bond donors (Lipinski definition) is 1. The van der Waals surface area contributed by atoms with Crippen LogP contribution in [0, 0.1) is 13.8 Å². The first-order chi connectivity index (χ1) is 8.81. The number of nitrogens with one attached hydrogen (secondary N) is 1. The predicted octanol–water partition coefficient (Wildman–Crippen LogP) is 3.09. The minimum atomic E-state index is 0.0191. The topological polar surface area (TPSA) is 30.5 Å². The maximum Gasteiger partial charge on any atom is 0.134 e. The zero-order chi connectivity index (χ0) is 14.5. The number of benzene rings is 1. The highest BCUT2D eigenvalue weighted by Gasteiger charge is 2.16. The highest BCUT2D eigenvalue weighted by molar-refractivity contribution is 5.35. The summed E-state index contributed by atoms with van der Waals surface area (Å²) in [6, 6.07) is 6.24. The van der Waals surface area contributed by atoms with Gasteiger partial charge < -0.3 is 14.8 Å². The van der Waals surface area contributed by atoms with Gasteiger partial charge in [-0.3, -0.25) is 0 Å². The molecule has 0 saturated carbocycles. The summed E-state index contributed by atoms with van der Waals surface area (Å²) in [6.45, 7) is 11.9. The van der Waals surface area contributed by atoms with Gasteiger partial charge in [-0.1, -0.05) is 17.7 Å². The van der Waals surface area contributed by atoms with E-state index in [1.54, 1.807) is 7.11 Å². The van der Waals surface area contributed by atoms with Crippen LogP contribution < -0.4 is 10.1 Å². The van der Waals surface area contributed by atoms with Crippen LogP contribution in [-0.2, 0) is 4.74 Å². The molecule has 0 aliphatic carbocycles. The SMILES string of the molecule is COCC(CNC(C)(C)C)Oc1ccc(C)cc1C. The third-order valence-corrected chi connectivity index (χ3v) is 2.84. The van der Waals surface area contributed by atoms with Crippen LogP contribution in [0.5, 0.6) is 5.75 Å². The Morgan fingerprint density at radius 1 is 1.21 bits per heavy atom. The van der Waals surface area contributed by atoms with Crippen molar-refractivity contribution in [2.75, 3.05) is 20.3 Å². The van der Waals surface area contributed by atoms with Crippen LogP contribution >= 0.6 is 0 Å². The van der Waals surface area contributed by atoms with Crippen molar-refractivity contribution >= 4 is 0 Å². The maximum absolute atomic E-state index is 6.05. The van der Waals surface area contributed by atoms with Crippen molar-refractivity contribution in [3.8, 4) is 5.75 Å². The molecule has 1 rings (SSSR count). The largest absolute Gasteiger partial charge is 0.486 e. The molecule has 1 aromatic rings. The third kappa shape index (κ3) is 6.08. The molecule has 3 nitrogen and oxygen atoms in total. The summed E-state index contributed by atoms with van der Waals surface area (Å²) in [5.74, 6) is 0.934. The van der Waals surface area contributed by atoms with E-state index in [2.05, 4.69) is 52.1 Å². The second-order valence-electron chi connectivity index (χ2n) is 6.10. The molecule has 3 heteroatoms. The molecule has 1 N–H and O–H groups in total. The molecule has 0 aliphatic heterocycles. The first-order valence-corrected chi connectivity index (χ1v) is 6.79. The van der Waals surface area contributed by atoms with Crippen molar-refractivity contribution < 1.29 is 9.47 Å². The van der Waals surface area contributed by atoms with Gasteiger partial charge in [-0.15, -0.1) is 0 Å². The van der Waals surface area contributed by atoms with Gasteiger partial charge in [-0.2, -0.15) is 0 Å². The molecule has 0 amide bonds. The van der Waals surface area contributed by atoms with Gasteiger partial charge in [-0.25, -0.2) is 0 Å². The molecule has 1 atom stereocenters. The van der Waals surface area contributed by atoms with Crippen molar-refractivity contribution in [3.05, 3.63) is 29.3 Å². The number of aryl methyl sites for hydroxylation is 2. The average Bonchev–Trinajstić information content (AvgIpc) is 2.28. The van der Waals surface area contributed by atoms with Crippen LogP contribution in [0.4, 0.5) is 0 Å². The van der Waals surface area contributed by atoms with Crippen LogP contribution in [-0.4, -0.2) is 31.9 Å². The fourth-order valence-electron chi connectivity index (χ4n) is 1.85. The fourth-order valence-corrected chi connectivity index (χ4v) is 1.85. The van der Waals surface area contributed by atoms with Crippen LogP contribution in [0.15, 0.2) is 18.2 Å². The Kier molecular flexibility index (Phi) is 5.83. The third-order valence-electron chi connectivity index (χ3n) is 2.84. The fraction of sp³-hybridized carbons (Fsp3) is 0.625. The molecule has 1 aromatic carbocycles. The number of hydrogen-bond acceptors (Lipinski definition) is 3. The van der Waals surface area contributed by atoms with Gasteiger partial charge in [0.25, 0.3) is 0 Å². The van der Waals surface area contributed by atoms with E-state index in [1.165, 1.54) is 5.56 Å². The first kappa shape index (κ1) is 16.0. The molecule has 108 valence electrons. The van der Waals surface area contributed by atoms with Gasteiger partial charge in [0.15, 0.2) is 0 Å². The van der Waals surface area contributed by atoms with E-state index in [1.807, 2.05) is 6.07 Å². The molecule has 0 heterocycles. The second-order valence-corrected chi connectivity index (χ2v) is 6.10. The molecule has 1 unspecified atom stereocenters. The Hall–Kier alpha value is -1.06. The molecular formula is C16H27NO2. The van der Waals surface area contributed by atoms with Crippen LogP contribution in [0.2, 0.25) is 0 Å². The normalized spacial score (nSPS) is 13.4. The van der Waals surface area contributed by atoms with E-state index in [0.717, 1.165) is 17.9 Å². The summed E-state index contributed by atoms with van der Waals surface area (Å²) in [5, 5.41) is 3.45. The summed E-state index contributed by atoms with van der Waals surface area (Å²) >= 11 is 0. The average molecular weight is 265 g/mol. The van der Waals surface area contributed by atoms with E-state index in [-0.39, 0.29) is 11.6 Å². The molecule has 0 spiro atoms. The van der Waals surface area contributed by atoms with E-state index < -0.39 is 0 Å². The van der Waals surface area contributed by atoms with Crippen LogP contribution in [0.1, 0.15) is 31.9 Å². The van der Waals surface area contributed by atoms with Crippen LogP contribution in [0.25, 0.3) is 0 Å². The quantitative estimate of drug-likeness (QED) is 0.857. The lowest BCUT2D eigenvalue weighted by atomic mass is 10.1. The molecule has 19 heavy (non-hydrogen) atoms. The van der Waals surface area contributed by atoms with E-state index >= 15 is 0 Å². The van der Waals surface area contributed by atoms with Gasteiger partial charge in [0.2, 0.25) is 0 Å².